The Morgan fingerprint density at radius 3 is 2.50 bits per heavy atom. The van der Waals surface area contributed by atoms with Gasteiger partial charge in [0.25, 0.3) is 0 Å². The molecule has 2 aromatic heterocycles. The number of rotatable bonds is 6. The summed E-state index contributed by atoms with van der Waals surface area (Å²) < 4.78 is 13.3. The summed E-state index contributed by atoms with van der Waals surface area (Å²) in [6.07, 6.45) is 2.76. The quantitative estimate of drug-likeness (QED) is 0.431. The lowest BCUT2D eigenvalue weighted by atomic mass is 9.76. The molecular formula is C27H37N5O3S. The molecule has 1 N–H and O–H groups in total. The minimum atomic E-state index is -0.522. The Morgan fingerprint density at radius 1 is 1.17 bits per heavy atom. The topological polar surface area (TPSA) is 91.2 Å². The fourth-order valence-electron chi connectivity index (χ4n) is 4.62. The van der Waals surface area contributed by atoms with Gasteiger partial charge in [-0.1, -0.05) is 25.2 Å². The molecule has 0 aliphatic heterocycles. The number of carbonyl (C=O) groups excluding carboxylic acids is 1. The molecule has 9 heteroatoms. The van der Waals surface area contributed by atoms with Gasteiger partial charge in [0, 0.05) is 23.9 Å². The molecule has 0 radical (unpaired) electrons. The summed E-state index contributed by atoms with van der Waals surface area (Å²) in [7, 11) is 2.03. The molecular weight excluding hydrogens is 474 g/mol. The highest BCUT2D eigenvalue weighted by Crippen LogP contribution is 2.40. The van der Waals surface area contributed by atoms with Crippen LogP contribution in [0.25, 0.3) is 21.3 Å². The molecule has 1 aliphatic rings. The molecule has 8 nitrogen and oxygen atoms in total. The van der Waals surface area contributed by atoms with Crippen molar-refractivity contribution in [3.05, 3.63) is 34.5 Å². The number of aromatic nitrogens is 4. The van der Waals surface area contributed by atoms with E-state index in [1.165, 1.54) is 11.3 Å². The molecule has 2 heterocycles. The van der Waals surface area contributed by atoms with E-state index in [0.717, 1.165) is 57.4 Å². The first-order valence-electron chi connectivity index (χ1n) is 12.4. The number of carbonyl (C=O) groups is 1. The van der Waals surface area contributed by atoms with Crippen LogP contribution in [0.4, 0.5) is 4.79 Å². The maximum atomic E-state index is 11.8. The fourth-order valence-corrected chi connectivity index (χ4v) is 5.46. The zero-order valence-electron chi connectivity index (χ0n) is 22.6. The Balaban J connectivity index is 1.45. The lowest BCUT2D eigenvalue weighted by Gasteiger charge is -2.29. The van der Waals surface area contributed by atoms with E-state index in [4.69, 9.17) is 14.6 Å². The minimum absolute atomic E-state index is 0.301. The van der Waals surface area contributed by atoms with Crippen molar-refractivity contribution < 1.29 is 14.3 Å². The van der Waals surface area contributed by atoms with E-state index in [2.05, 4.69) is 41.5 Å². The van der Waals surface area contributed by atoms with Gasteiger partial charge in [-0.3, -0.25) is 4.68 Å². The van der Waals surface area contributed by atoms with Gasteiger partial charge in [-0.05, 0) is 82.6 Å². The van der Waals surface area contributed by atoms with Crippen molar-refractivity contribution in [1.29, 1.82) is 0 Å². The van der Waals surface area contributed by atoms with Gasteiger partial charge in [-0.25, -0.2) is 4.79 Å². The molecule has 1 amide bonds. The molecule has 0 unspecified atom stereocenters. The van der Waals surface area contributed by atoms with Gasteiger partial charge in [-0.15, -0.1) is 10.2 Å². The Bertz CT molecular complexity index is 1250. The van der Waals surface area contributed by atoms with Crippen molar-refractivity contribution in [3.63, 3.8) is 0 Å². The molecule has 1 aromatic carbocycles. The van der Waals surface area contributed by atoms with Gasteiger partial charge in [0.1, 0.15) is 28.7 Å². The van der Waals surface area contributed by atoms with E-state index in [-0.39, 0.29) is 0 Å². The van der Waals surface area contributed by atoms with Crippen LogP contribution in [0.15, 0.2) is 12.1 Å². The largest absolute Gasteiger partial charge is 0.491 e. The molecule has 0 fully saturated rings. The number of amides is 1. The van der Waals surface area contributed by atoms with Gasteiger partial charge in [-0.2, -0.15) is 5.10 Å². The van der Waals surface area contributed by atoms with Crippen LogP contribution in [0.1, 0.15) is 63.4 Å². The van der Waals surface area contributed by atoms with Crippen LogP contribution >= 0.6 is 11.3 Å². The fraction of sp³-hybridized carbons (Fsp3) is 0.556. The zero-order valence-corrected chi connectivity index (χ0v) is 23.4. The van der Waals surface area contributed by atoms with Crippen molar-refractivity contribution in [2.75, 3.05) is 13.2 Å². The molecule has 36 heavy (non-hydrogen) atoms. The number of hydrogen-bond acceptors (Lipinski definition) is 7. The second-order valence-corrected chi connectivity index (χ2v) is 12.3. The number of aryl methyl sites for hydroxylation is 3. The first-order valence-corrected chi connectivity index (χ1v) is 13.2. The third kappa shape index (κ3) is 5.88. The standard InChI is InChI=1S/C27H37N5O3S/c1-16-13-18(14-17(2)22(16)34-12-11-28-25(33)35-26(3,4)5)23-29-30-24(36-23)21-19-9-10-27(6,7)15-20(19)32(8)31-21/h13-14H,9-12,15H2,1-8H3,(H,28,33). The predicted molar refractivity (Wildman–Crippen MR) is 143 cm³/mol. The highest BCUT2D eigenvalue weighted by Gasteiger charge is 2.31. The van der Waals surface area contributed by atoms with Crippen molar-refractivity contribution >= 4 is 17.4 Å². The minimum Gasteiger partial charge on any atom is -0.491 e. The lowest BCUT2D eigenvalue weighted by Crippen LogP contribution is -2.34. The summed E-state index contributed by atoms with van der Waals surface area (Å²) in [5.41, 5.74) is 6.41. The van der Waals surface area contributed by atoms with Gasteiger partial charge in [0.2, 0.25) is 0 Å². The molecule has 0 saturated heterocycles. The molecule has 0 spiro atoms. The van der Waals surface area contributed by atoms with Gasteiger partial charge in [0.15, 0.2) is 5.01 Å². The molecule has 0 saturated carbocycles. The Morgan fingerprint density at radius 2 is 1.83 bits per heavy atom. The summed E-state index contributed by atoms with van der Waals surface area (Å²) in [6.45, 7) is 14.9. The molecule has 1 aliphatic carbocycles. The summed E-state index contributed by atoms with van der Waals surface area (Å²) in [5, 5.41) is 18.3. The average Bonchev–Trinajstić information content (AvgIpc) is 3.35. The number of benzene rings is 1. The van der Waals surface area contributed by atoms with Gasteiger partial charge < -0.3 is 14.8 Å². The van der Waals surface area contributed by atoms with Crippen LogP contribution in [-0.4, -0.2) is 44.8 Å². The third-order valence-corrected chi connectivity index (χ3v) is 7.30. The highest BCUT2D eigenvalue weighted by molar-refractivity contribution is 7.17. The van der Waals surface area contributed by atoms with Crippen LogP contribution < -0.4 is 10.1 Å². The van der Waals surface area contributed by atoms with Gasteiger partial charge in [0.05, 0.1) is 6.54 Å². The Kier molecular flexibility index (Phi) is 7.14. The number of nitrogens with zero attached hydrogens (tertiary/aromatic N) is 4. The van der Waals surface area contributed by atoms with Crippen LogP contribution in [0.2, 0.25) is 0 Å². The molecule has 0 atom stereocenters. The predicted octanol–water partition coefficient (Wildman–Crippen LogP) is 5.64. The first-order chi connectivity index (χ1) is 16.8. The van der Waals surface area contributed by atoms with Gasteiger partial charge >= 0.3 is 6.09 Å². The first kappa shape index (κ1) is 26.1. The summed E-state index contributed by atoms with van der Waals surface area (Å²) in [4.78, 5) is 11.8. The Labute approximate surface area is 217 Å². The number of alkyl carbamates (subject to hydrolysis) is 1. The lowest BCUT2D eigenvalue weighted by molar-refractivity contribution is 0.0520. The third-order valence-electron chi connectivity index (χ3n) is 6.32. The highest BCUT2D eigenvalue weighted by atomic mass is 32.1. The monoisotopic (exact) mass is 511 g/mol. The summed E-state index contributed by atoms with van der Waals surface area (Å²) in [5.74, 6) is 0.816. The SMILES string of the molecule is Cc1cc(-c2nnc(-c3nn(C)c4c3CCC(C)(C)C4)s2)cc(C)c1OCCNC(=O)OC(C)(C)C. The van der Waals surface area contributed by atoms with E-state index in [0.29, 0.717) is 18.6 Å². The number of fused-ring (bicyclic) bond motifs is 1. The molecule has 194 valence electrons. The van der Waals surface area contributed by atoms with Crippen LogP contribution in [0, 0.1) is 19.3 Å². The van der Waals surface area contributed by atoms with E-state index in [1.807, 2.05) is 46.3 Å². The average molecular weight is 512 g/mol. The smallest absolute Gasteiger partial charge is 0.407 e. The van der Waals surface area contributed by atoms with Crippen molar-refractivity contribution in [3.8, 4) is 27.0 Å². The van der Waals surface area contributed by atoms with Crippen LogP contribution in [-0.2, 0) is 24.6 Å². The molecule has 4 rings (SSSR count). The number of nitrogens with one attached hydrogen (secondary N) is 1. The van der Waals surface area contributed by atoms with E-state index < -0.39 is 11.7 Å². The maximum Gasteiger partial charge on any atom is 0.407 e. The summed E-state index contributed by atoms with van der Waals surface area (Å²) >= 11 is 1.58. The van der Waals surface area contributed by atoms with E-state index >= 15 is 0 Å². The maximum absolute atomic E-state index is 11.8. The van der Waals surface area contributed by atoms with E-state index in [9.17, 15) is 4.79 Å². The number of ether oxygens (including phenoxy) is 2. The van der Waals surface area contributed by atoms with E-state index in [1.54, 1.807) is 11.3 Å². The van der Waals surface area contributed by atoms with Crippen LogP contribution in [0.3, 0.4) is 0 Å². The molecule has 0 bridgehead atoms. The summed E-state index contributed by atoms with van der Waals surface area (Å²) in [6, 6.07) is 4.15. The second kappa shape index (κ2) is 9.84. The van der Waals surface area contributed by atoms with Crippen molar-refractivity contribution in [2.24, 2.45) is 12.5 Å². The van der Waals surface area contributed by atoms with Crippen LogP contribution in [0.5, 0.6) is 5.75 Å². The normalized spacial score (nSPS) is 14.9. The van der Waals surface area contributed by atoms with Crippen molar-refractivity contribution in [1.82, 2.24) is 25.3 Å². The molecule has 3 aromatic rings. The number of hydrogen-bond donors (Lipinski definition) is 1. The second-order valence-electron chi connectivity index (χ2n) is 11.4. The zero-order chi connectivity index (χ0) is 26.3. The van der Waals surface area contributed by atoms with Crippen molar-refractivity contribution in [2.45, 2.75) is 73.3 Å². The Hall–Kier alpha value is -2.94.